The summed E-state index contributed by atoms with van der Waals surface area (Å²) < 4.78 is 25.0. The quantitative estimate of drug-likeness (QED) is 0.668. The normalized spacial score (nSPS) is 19.3. The predicted octanol–water partition coefficient (Wildman–Crippen LogP) is 2.25. The second kappa shape index (κ2) is 7.78. The van der Waals surface area contributed by atoms with Crippen LogP contribution in [0.4, 0.5) is 4.79 Å². The lowest BCUT2D eigenvalue weighted by molar-refractivity contribution is -0.121. The fourth-order valence-corrected chi connectivity index (χ4v) is 5.65. The van der Waals surface area contributed by atoms with Crippen molar-refractivity contribution in [2.75, 3.05) is 24.6 Å². The van der Waals surface area contributed by atoms with Crippen molar-refractivity contribution in [1.29, 1.82) is 0 Å². The summed E-state index contributed by atoms with van der Waals surface area (Å²) in [5, 5.41) is 2.29. The molecule has 1 N–H and O–H groups in total. The van der Waals surface area contributed by atoms with Gasteiger partial charge in [-0.15, -0.1) is 0 Å². The molecule has 1 aliphatic heterocycles. The fraction of sp³-hybridized carbons (Fsp3) is 0.579. The molecule has 1 saturated carbocycles. The minimum atomic E-state index is -3.09. The Kier molecular flexibility index (Phi) is 5.65. The maximum Gasteiger partial charge on any atom is 0.324 e. The molecule has 1 aliphatic carbocycles. The highest BCUT2D eigenvalue weighted by atomic mass is 32.2. The maximum absolute atomic E-state index is 12.5. The van der Waals surface area contributed by atoms with Crippen molar-refractivity contribution in [2.45, 2.75) is 43.9 Å². The van der Waals surface area contributed by atoms with Crippen molar-refractivity contribution >= 4 is 21.8 Å². The molecular weight excluding hydrogens is 352 g/mol. The Balaban J connectivity index is 1.39. The molecule has 2 fully saturated rings. The molecule has 1 heterocycles. The first kappa shape index (κ1) is 18.9. The van der Waals surface area contributed by atoms with Gasteiger partial charge in [-0.05, 0) is 31.2 Å². The third kappa shape index (κ3) is 4.84. The van der Waals surface area contributed by atoms with Crippen LogP contribution in [0.25, 0.3) is 0 Å². The summed E-state index contributed by atoms with van der Waals surface area (Å²) in [6, 6.07) is 9.59. The molecule has 0 unspecified atom stereocenters. The Morgan fingerprint density at radius 2 is 1.77 bits per heavy atom. The van der Waals surface area contributed by atoms with Crippen LogP contribution >= 0.6 is 0 Å². The second-order valence-corrected chi connectivity index (χ2v) is 9.57. The van der Waals surface area contributed by atoms with Crippen LogP contribution in [0.1, 0.15) is 44.1 Å². The van der Waals surface area contributed by atoms with Crippen LogP contribution in [-0.2, 0) is 20.0 Å². The monoisotopic (exact) mass is 378 g/mol. The number of nitrogens with one attached hydrogen (secondary N) is 1. The van der Waals surface area contributed by atoms with Gasteiger partial charge < -0.3 is 4.90 Å². The van der Waals surface area contributed by atoms with Gasteiger partial charge in [-0.1, -0.05) is 36.8 Å². The average Bonchev–Trinajstić information content (AvgIpc) is 3.37. The van der Waals surface area contributed by atoms with E-state index in [1.165, 1.54) is 0 Å². The Hall–Kier alpha value is -1.89. The van der Waals surface area contributed by atoms with Crippen LogP contribution in [0.5, 0.6) is 0 Å². The van der Waals surface area contributed by atoms with Gasteiger partial charge in [0.2, 0.25) is 5.91 Å². The summed E-state index contributed by atoms with van der Waals surface area (Å²) in [7, 11) is -3.09. The van der Waals surface area contributed by atoms with Crippen molar-refractivity contribution in [3.05, 3.63) is 35.9 Å². The van der Waals surface area contributed by atoms with E-state index >= 15 is 0 Å². The smallest absolute Gasteiger partial charge is 0.324 e. The number of benzene rings is 1. The molecule has 3 rings (SSSR count). The summed E-state index contributed by atoms with van der Waals surface area (Å²) >= 11 is 0. The van der Waals surface area contributed by atoms with E-state index in [1.807, 2.05) is 30.3 Å². The van der Waals surface area contributed by atoms with Crippen molar-refractivity contribution < 1.29 is 18.0 Å². The van der Waals surface area contributed by atoms with Gasteiger partial charge in [0.05, 0.1) is 11.5 Å². The molecule has 1 aromatic carbocycles. The summed E-state index contributed by atoms with van der Waals surface area (Å²) in [6.07, 6.45) is 4.34. The van der Waals surface area contributed by atoms with E-state index in [-0.39, 0.29) is 28.9 Å². The maximum atomic E-state index is 12.5. The standard InChI is InChI=1S/C19H26N2O4S/c22-17-9-13-21(18(23)20-17)12-5-2-6-14-26(24,25)15-19(10-11-19)16-7-3-1-4-8-16/h1,3-4,7-8H,2,5-6,9-15H2,(H,20,22,23). The number of sulfone groups is 1. The highest BCUT2D eigenvalue weighted by Gasteiger charge is 2.47. The van der Waals surface area contributed by atoms with E-state index in [2.05, 4.69) is 5.32 Å². The van der Waals surface area contributed by atoms with Crippen LogP contribution in [0, 0.1) is 0 Å². The number of amides is 3. The zero-order chi connectivity index (χ0) is 18.6. The molecule has 142 valence electrons. The van der Waals surface area contributed by atoms with E-state index in [1.54, 1.807) is 4.90 Å². The minimum Gasteiger partial charge on any atom is -0.324 e. The molecule has 0 spiro atoms. The SMILES string of the molecule is O=C1CCN(CCCCCS(=O)(=O)CC2(c3ccccc3)CC2)C(=O)N1. The zero-order valence-corrected chi connectivity index (χ0v) is 15.8. The average molecular weight is 378 g/mol. The molecule has 0 radical (unpaired) electrons. The van der Waals surface area contributed by atoms with Gasteiger partial charge in [0.25, 0.3) is 0 Å². The number of rotatable bonds is 9. The van der Waals surface area contributed by atoms with E-state index in [0.717, 1.165) is 31.2 Å². The molecule has 3 amide bonds. The second-order valence-electron chi connectivity index (χ2n) is 7.39. The minimum absolute atomic E-state index is 0.168. The van der Waals surface area contributed by atoms with Gasteiger partial charge in [0.15, 0.2) is 9.84 Å². The van der Waals surface area contributed by atoms with E-state index in [0.29, 0.717) is 25.9 Å². The van der Waals surface area contributed by atoms with Gasteiger partial charge in [-0.25, -0.2) is 13.2 Å². The largest absolute Gasteiger partial charge is 0.324 e. The van der Waals surface area contributed by atoms with Crippen molar-refractivity contribution in [3.8, 4) is 0 Å². The predicted molar refractivity (Wildman–Crippen MR) is 99.6 cm³/mol. The number of carbonyl (C=O) groups excluding carboxylic acids is 2. The van der Waals surface area contributed by atoms with Gasteiger partial charge in [-0.2, -0.15) is 0 Å². The van der Waals surface area contributed by atoms with Crippen LogP contribution in [-0.4, -0.2) is 49.9 Å². The number of nitrogens with zero attached hydrogens (tertiary/aromatic N) is 1. The van der Waals surface area contributed by atoms with Crippen LogP contribution in [0.3, 0.4) is 0 Å². The number of unbranched alkanes of at least 4 members (excludes halogenated alkanes) is 2. The molecule has 1 saturated heterocycles. The topological polar surface area (TPSA) is 83.6 Å². The lowest BCUT2D eigenvalue weighted by atomic mass is 9.99. The third-order valence-electron chi connectivity index (χ3n) is 5.26. The van der Waals surface area contributed by atoms with Gasteiger partial charge in [-0.3, -0.25) is 10.1 Å². The first-order chi connectivity index (χ1) is 12.4. The van der Waals surface area contributed by atoms with E-state index < -0.39 is 9.84 Å². The van der Waals surface area contributed by atoms with Crippen LogP contribution < -0.4 is 5.32 Å². The number of carbonyl (C=O) groups is 2. The lowest BCUT2D eigenvalue weighted by Gasteiger charge is -2.26. The molecule has 26 heavy (non-hydrogen) atoms. The number of hydrogen-bond donors (Lipinski definition) is 1. The van der Waals surface area contributed by atoms with Crippen molar-refractivity contribution in [2.24, 2.45) is 0 Å². The van der Waals surface area contributed by atoms with Gasteiger partial charge in [0, 0.05) is 24.9 Å². The Morgan fingerprint density at radius 1 is 1.04 bits per heavy atom. The molecular formula is C19H26N2O4S. The molecule has 0 bridgehead atoms. The number of imide groups is 1. The third-order valence-corrected chi connectivity index (χ3v) is 7.16. The molecule has 7 heteroatoms. The van der Waals surface area contributed by atoms with Gasteiger partial charge in [0.1, 0.15) is 0 Å². The molecule has 0 atom stereocenters. The highest BCUT2D eigenvalue weighted by Crippen LogP contribution is 2.49. The van der Waals surface area contributed by atoms with Gasteiger partial charge >= 0.3 is 6.03 Å². The van der Waals surface area contributed by atoms with Crippen molar-refractivity contribution in [3.63, 3.8) is 0 Å². The summed E-state index contributed by atoms with van der Waals surface area (Å²) in [5.74, 6) is 0.206. The highest BCUT2D eigenvalue weighted by molar-refractivity contribution is 7.91. The van der Waals surface area contributed by atoms with Crippen LogP contribution in [0.15, 0.2) is 30.3 Å². The Bertz CT molecular complexity index is 757. The van der Waals surface area contributed by atoms with E-state index in [9.17, 15) is 18.0 Å². The molecule has 6 nitrogen and oxygen atoms in total. The molecule has 0 aromatic heterocycles. The number of hydrogen-bond acceptors (Lipinski definition) is 4. The fourth-order valence-electron chi connectivity index (χ4n) is 3.57. The Labute approximate surface area is 154 Å². The number of urea groups is 1. The summed E-state index contributed by atoms with van der Waals surface area (Å²) in [4.78, 5) is 24.3. The summed E-state index contributed by atoms with van der Waals surface area (Å²) in [5.41, 5.74) is 0.965. The Morgan fingerprint density at radius 3 is 2.42 bits per heavy atom. The first-order valence-electron chi connectivity index (χ1n) is 9.25. The zero-order valence-electron chi connectivity index (χ0n) is 14.9. The van der Waals surface area contributed by atoms with Crippen LogP contribution in [0.2, 0.25) is 0 Å². The summed E-state index contributed by atoms with van der Waals surface area (Å²) in [6.45, 7) is 1.01. The first-order valence-corrected chi connectivity index (χ1v) is 11.1. The van der Waals surface area contributed by atoms with Crippen molar-refractivity contribution in [1.82, 2.24) is 10.2 Å². The molecule has 1 aromatic rings. The lowest BCUT2D eigenvalue weighted by Crippen LogP contribution is -2.49. The van der Waals surface area contributed by atoms with E-state index in [4.69, 9.17) is 0 Å². The molecule has 2 aliphatic rings.